The van der Waals surface area contributed by atoms with E-state index < -0.39 is 0 Å². The van der Waals surface area contributed by atoms with Gasteiger partial charge in [0.05, 0.1) is 19.0 Å². The second kappa shape index (κ2) is 8.78. The molecule has 1 amide bonds. The van der Waals surface area contributed by atoms with E-state index in [0.29, 0.717) is 32.1 Å². The average Bonchev–Trinajstić information content (AvgIpc) is 2.25. The van der Waals surface area contributed by atoms with E-state index in [9.17, 15) is 4.79 Å². The average molecular weight is 263 g/mol. The first-order chi connectivity index (χ1) is 7.90. The first kappa shape index (κ1) is 16.7. The summed E-state index contributed by atoms with van der Waals surface area (Å²) in [6.07, 6.45) is 0. The summed E-state index contributed by atoms with van der Waals surface area (Å²) in [4.78, 5) is 13.8. The minimum absolute atomic E-state index is 0.115. The van der Waals surface area contributed by atoms with Crippen molar-refractivity contribution < 1.29 is 14.3 Å². The van der Waals surface area contributed by atoms with Gasteiger partial charge in [0, 0.05) is 32.1 Å². The van der Waals surface area contributed by atoms with Gasteiger partial charge in [-0.3, -0.25) is 4.79 Å². The predicted octanol–water partition coefficient (Wildman–Crippen LogP) is 1.64. The molecule has 0 aliphatic heterocycles. The fourth-order valence-corrected chi connectivity index (χ4v) is 1.87. The van der Waals surface area contributed by atoms with E-state index in [1.54, 1.807) is 30.9 Å². The van der Waals surface area contributed by atoms with Crippen LogP contribution in [0, 0.1) is 0 Å². The molecule has 0 aromatic heterocycles. The largest absolute Gasteiger partial charge is 0.383 e. The van der Waals surface area contributed by atoms with Gasteiger partial charge in [0.2, 0.25) is 5.91 Å². The second-order valence-electron chi connectivity index (χ2n) is 4.77. The molecular formula is C12H25NO3S. The third-order valence-corrected chi connectivity index (χ3v) is 3.37. The Bertz CT molecular complexity index is 208. The lowest BCUT2D eigenvalue weighted by Crippen LogP contribution is -2.38. The summed E-state index contributed by atoms with van der Waals surface area (Å²) in [5.74, 6) is 0.663. The molecule has 0 unspecified atom stereocenters. The van der Waals surface area contributed by atoms with Crippen LogP contribution in [0.2, 0.25) is 0 Å². The van der Waals surface area contributed by atoms with Crippen molar-refractivity contribution in [3.8, 4) is 0 Å². The van der Waals surface area contributed by atoms with Gasteiger partial charge in [0.25, 0.3) is 0 Å². The molecule has 102 valence electrons. The number of hydrogen-bond donors (Lipinski definition) is 0. The quantitative estimate of drug-likeness (QED) is 0.667. The summed E-state index contributed by atoms with van der Waals surface area (Å²) in [6, 6.07) is 0. The molecule has 17 heavy (non-hydrogen) atoms. The van der Waals surface area contributed by atoms with Crippen molar-refractivity contribution in [3.63, 3.8) is 0 Å². The number of thioether (sulfide) groups is 1. The summed E-state index contributed by atoms with van der Waals surface area (Å²) in [5, 5.41) is 0. The van der Waals surface area contributed by atoms with Crippen LogP contribution in [0.4, 0.5) is 0 Å². The standard InChI is InChI=1S/C12H25NO3S/c1-12(2,3)17-10-11(14)13(6-8-15-4)7-9-16-5/h6-10H2,1-5H3. The van der Waals surface area contributed by atoms with Gasteiger partial charge in [-0.2, -0.15) is 0 Å². The molecule has 0 aliphatic carbocycles. The van der Waals surface area contributed by atoms with E-state index in [1.165, 1.54) is 0 Å². The van der Waals surface area contributed by atoms with Crippen LogP contribution in [0.5, 0.6) is 0 Å². The summed E-state index contributed by atoms with van der Waals surface area (Å²) in [6.45, 7) is 8.72. The lowest BCUT2D eigenvalue weighted by molar-refractivity contribution is -0.129. The number of ether oxygens (including phenoxy) is 2. The van der Waals surface area contributed by atoms with Crippen LogP contribution in [0.25, 0.3) is 0 Å². The first-order valence-electron chi connectivity index (χ1n) is 5.80. The molecule has 0 fully saturated rings. The van der Waals surface area contributed by atoms with Gasteiger partial charge in [-0.25, -0.2) is 0 Å². The van der Waals surface area contributed by atoms with Crippen molar-refractivity contribution in [3.05, 3.63) is 0 Å². The number of amides is 1. The van der Waals surface area contributed by atoms with Gasteiger partial charge in [-0.05, 0) is 0 Å². The Labute approximate surface area is 109 Å². The van der Waals surface area contributed by atoms with E-state index >= 15 is 0 Å². The van der Waals surface area contributed by atoms with Crippen LogP contribution in [0.3, 0.4) is 0 Å². The second-order valence-corrected chi connectivity index (χ2v) is 6.57. The lowest BCUT2D eigenvalue weighted by Gasteiger charge is -2.24. The highest BCUT2D eigenvalue weighted by Gasteiger charge is 2.17. The van der Waals surface area contributed by atoms with Gasteiger partial charge < -0.3 is 14.4 Å². The van der Waals surface area contributed by atoms with E-state index in [2.05, 4.69) is 20.8 Å². The zero-order chi connectivity index (χ0) is 13.3. The third kappa shape index (κ3) is 9.44. The molecule has 0 radical (unpaired) electrons. The third-order valence-electron chi connectivity index (χ3n) is 2.11. The van der Waals surface area contributed by atoms with Gasteiger partial charge in [0.15, 0.2) is 0 Å². The topological polar surface area (TPSA) is 38.8 Å². The maximum Gasteiger partial charge on any atom is 0.232 e. The molecule has 0 heterocycles. The van der Waals surface area contributed by atoms with E-state index in [0.717, 1.165) is 0 Å². The molecule has 0 aliphatic rings. The van der Waals surface area contributed by atoms with Gasteiger partial charge in [-0.1, -0.05) is 20.8 Å². The molecule has 0 atom stereocenters. The Morgan fingerprint density at radius 2 is 1.59 bits per heavy atom. The summed E-state index contributed by atoms with van der Waals surface area (Å²) in [7, 11) is 3.28. The normalized spacial score (nSPS) is 11.6. The Hall–Kier alpha value is -0.260. The van der Waals surface area contributed by atoms with E-state index in [1.807, 2.05) is 0 Å². The molecule has 0 saturated carbocycles. The molecule has 4 nitrogen and oxygen atoms in total. The van der Waals surface area contributed by atoms with Crippen molar-refractivity contribution in [2.45, 2.75) is 25.5 Å². The zero-order valence-corrected chi connectivity index (χ0v) is 12.4. The number of carbonyl (C=O) groups excluding carboxylic acids is 1. The molecule has 0 spiro atoms. The minimum Gasteiger partial charge on any atom is -0.383 e. The molecule has 0 saturated heterocycles. The van der Waals surface area contributed by atoms with Crippen LogP contribution >= 0.6 is 11.8 Å². The minimum atomic E-state index is 0.115. The molecule has 0 aromatic rings. The Morgan fingerprint density at radius 1 is 1.12 bits per heavy atom. The molecule has 0 N–H and O–H groups in total. The van der Waals surface area contributed by atoms with E-state index in [-0.39, 0.29) is 10.7 Å². The Morgan fingerprint density at radius 3 is 1.94 bits per heavy atom. The molecular weight excluding hydrogens is 238 g/mol. The monoisotopic (exact) mass is 263 g/mol. The van der Waals surface area contributed by atoms with Gasteiger partial charge >= 0.3 is 0 Å². The zero-order valence-electron chi connectivity index (χ0n) is 11.6. The van der Waals surface area contributed by atoms with Crippen molar-refractivity contribution in [2.24, 2.45) is 0 Å². The SMILES string of the molecule is COCCN(CCOC)C(=O)CSC(C)(C)C. The highest BCUT2D eigenvalue weighted by Crippen LogP contribution is 2.23. The van der Waals surface area contributed by atoms with Crippen molar-refractivity contribution in [2.75, 3.05) is 46.3 Å². The highest BCUT2D eigenvalue weighted by molar-refractivity contribution is 8.01. The molecule has 0 rings (SSSR count). The number of methoxy groups -OCH3 is 2. The molecule has 0 bridgehead atoms. The van der Waals surface area contributed by atoms with E-state index in [4.69, 9.17) is 9.47 Å². The molecule has 5 heteroatoms. The summed E-state index contributed by atoms with van der Waals surface area (Å²) >= 11 is 1.66. The van der Waals surface area contributed by atoms with Crippen molar-refractivity contribution in [1.29, 1.82) is 0 Å². The number of rotatable bonds is 8. The maximum absolute atomic E-state index is 12.0. The fraction of sp³-hybridized carbons (Fsp3) is 0.917. The van der Waals surface area contributed by atoms with Gasteiger partial charge in [0.1, 0.15) is 0 Å². The Balaban J connectivity index is 4.11. The van der Waals surface area contributed by atoms with Crippen LogP contribution in [-0.4, -0.2) is 61.8 Å². The Kier molecular flexibility index (Phi) is 8.64. The van der Waals surface area contributed by atoms with Crippen LogP contribution in [0.1, 0.15) is 20.8 Å². The number of carbonyl (C=O) groups is 1. The first-order valence-corrected chi connectivity index (χ1v) is 6.79. The predicted molar refractivity (Wildman–Crippen MR) is 72.5 cm³/mol. The number of nitrogens with zero attached hydrogens (tertiary/aromatic N) is 1. The molecule has 0 aromatic carbocycles. The van der Waals surface area contributed by atoms with Crippen LogP contribution < -0.4 is 0 Å². The lowest BCUT2D eigenvalue weighted by atomic mass is 10.3. The number of hydrogen-bond acceptors (Lipinski definition) is 4. The van der Waals surface area contributed by atoms with Crippen molar-refractivity contribution >= 4 is 17.7 Å². The summed E-state index contributed by atoms with van der Waals surface area (Å²) < 4.78 is 10.1. The van der Waals surface area contributed by atoms with Crippen LogP contribution in [-0.2, 0) is 14.3 Å². The van der Waals surface area contributed by atoms with Gasteiger partial charge in [-0.15, -0.1) is 11.8 Å². The van der Waals surface area contributed by atoms with Crippen LogP contribution in [0.15, 0.2) is 0 Å². The fourth-order valence-electron chi connectivity index (χ4n) is 1.13. The smallest absolute Gasteiger partial charge is 0.232 e. The summed E-state index contributed by atoms with van der Waals surface area (Å²) in [5.41, 5.74) is 0. The van der Waals surface area contributed by atoms with Crippen molar-refractivity contribution in [1.82, 2.24) is 4.90 Å². The highest BCUT2D eigenvalue weighted by atomic mass is 32.2. The maximum atomic E-state index is 12.0.